The largest absolute Gasteiger partial charge is 0.488 e. The molecule has 0 aliphatic rings. The fourth-order valence-corrected chi connectivity index (χ4v) is 3.17. The van der Waals surface area contributed by atoms with Gasteiger partial charge in [0, 0.05) is 11.1 Å². The summed E-state index contributed by atoms with van der Waals surface area (Å²) in [6.45, 7) is 8.83. The van der Waals surface area contributed by atoms with Crippen LogP contribution in [0.15, 0.2) is 47.1 Å². The number of furan rings is 1. The fraction of sp³-hybridized carbons (Fsp3) is 0.227. The lowest BCUT2D eigenvalue weighted by atomic mass is 9.95. The van der Waals surface area contributed by atoms with Crippen molar-refractivity contribution in [3.63, 3.8) is 0 Å². The van der Waals surface area contributed by atoms with Crippen LogP contribution in [-0.2, 0) is 6.61 Å². The molecule has 26 heavy (non-hydrogen) atoms. The lowest BCUT2D eigenvalue weighted by Crippen LogP contribution is -2.05. The first-order chi connectivity index (χ1) is 12.4. The van der Waals surface area contributed by atoms with Crippen LogP contribution in [0.5, 0.6) is 5.75 Å². The standard InChI is InChI=1S/C22H22O4/c1-13-11-14(2)16(4)19(15(13)3)12-26-20-8-6-5-7-17(20)18-9-10-25-21(18)22(23)24/h5-11H,12H2,1-4H3,(H,23,24). The first-order valence-corrected chi connectivity index (χ1v) is 8.49. The van der Waals surface area contributed by atoms with Gasteiger partial charge in [-0.3, -0.25) is 0 Å². The Labute approximate surface area is 153 Å². The third-order valence-electron chi connectivity index (χ3n) is 4.93. The van der Waals surface area contributed by atoms with Crippen LogP contribution in [0.1, 0.15) is 38.4 Å². The summed E-state index contributed by atoms with van der Waals surface area (Å²) in [5.41, 5.74) is 7.31. The van der Waals surface area contributed by atoms with Gasteiger partial charge in [-0.2, -0.15) is 0 Å². The number of carboxylic acids is 1. The third-order valence-corrected chi connectivity index (χ3v) is 4.93. The molecule has 0 bridgehead atoms. The molecule has 0 amide bonds. The van der Waals surface area contributed by atoms with Crippen LogP contribution in [0, 0.1) is 27.7 Å². The molecule has 0 spiro atoms. The molecule has 4 heteroatoms. The first-order valence-electron chi connectivity index (χ1n) is 8.49. The lowest BCUT2D eigenvalue weighted by Gasteiger charge is -2.17. The number of hydrogen-bond acceptors (Lipinski definition) is 3. The number of carboxylic acid groups (broad SMARTS) is 1. The molecular formula is C22H22O4. The second-order valence-electron chi connectivity index (χ2n) is 6.49. The van der Waals surface area contributed by atoms with E-state index in [4.69, 9.17) is 9.15 Å². The first kappa shape index (κ1) is 17.8. The highest BCUT2D eigenvalue weighted by atomic mass is 16.5. The molecule has 1 heterocycles. The van der Waals surface area contributed by atoms with Gasteiger partial charge in [0.1, 0.15) is 12.4 Å². The number of para-hydroxylation sites is 1. The second-order valence-corrected chi connectivity index (χ2v) is 6.49. The zero-order chi connectivity index (χ0) is 18.8. The Kier molecular flexibility index (Phi) is 4.85. The number of carbonyl (C=O) groups is 1. The van der Waals surface area contributed by atoms with E-state index in [-0.39, 0.29) is 5.76 Å². The van der Waals surface area contributed by atoms with Crippen molar-refractivity contribution in [3.8, 4) is 16.9 Å². The van der Waals surface area contributed by atoms with Gasteiger partial charge in [-0.05, 0) is 67.6 Å². The molecular weight excluding hydrogens is 328 g/mol. The van der Waals surface area contributed by atoms with Gasteiger partial charge in [0.05, 0.1) is 6.26 Å². The van der Waals surface area contributed by atoms with Gasteiger partial charge in [-0.15, -0.1) is 0 Å². The molecule has 0 saturated heterocycles. The minimum absolute atomic E-state index is 0.0835. The summed E-state index contributed by atoms with van der Waals surface area (Å²) in [4.78, 5) is 11.4. The Morgan fingerprint density at radius 3 is 2.31 bits per heavy atom. The third kappa shape index (κ3) is 3.23. The molecule has 4 nitrogen and oxygen atoms in total. The van der Waals surface area contributed by atoms with Crippen LogP contribution < -0.4 is 4.74 Å². The molecule has 0 radical (unpaired) electrons. The van der Waals surface area contributed by atoms with Crippen molar-refractivity contribution in [3.05, 3.63) is 76.2 Å². The van der Waals surface area contributed by atoms with Crippen LogP contribution >= 0.6 is 0 Å². The van der Waals surface area contributed by atoms with Crippen LogP contribution in [0.25, 0.3) is 11.1 Å². The molecule has 0 fully saturated rings. The number of rotatable bonds is 5. The molecule has 3 aromatic rings. The van der Waals surface area contributed by atoms with Crippen LogP contribution in [0.2, 0.25) is 0 Å². The van der Waals surface area contributed by atoms with Gasteiger partial charge in [-0.1, -0.05) is 24.3 Å². The van der Waals surface area contributed by atoms with Gasteiger partial charge < -0.3 is 14.3 Å². The molecule has 2 aromatic carbocycles. The number of hydrogen-bond donors (Lipinski definition) is 1. The van der Waals surface area contributed by atoms with Gasteiger partial charge in [-0.25, -0.2) is 4.79 Å². The maximum absolute atomic E-state index is 11.4. The van der Waals surface area contributed by atoms with E-state index in [1.807, 2.05) is 24.3 Å². The highest BCUT2D eigenvalue weighted by molar-refractivity contribution is 5.94. The summed E-state index contributed by atoms with van der Waals surface area (Å²) < 4.78 is 11.2. The number of ether oxygens (including phenoxy) is 1. The van der Waals surface area contributed by atoms with Crippen LogP contribution in [-0.4, -0.2) is 11.1 Å². The van der Waals surface area contributed by atoms with Crippen LogP contribution in [0.4, 0.5) is 0 Å². The Morgan fingerprint density at radius 2 is 1.65 bits per heavy atom. The zero-order valence-electron chi connectivity index (χ0n) is 15.4. The van der Waals surface area contributed by atoms with Crippen molar-refractivity contribution < 1.29 is 19.1 Å². The maximum atomic E-state index is 11.4. The summed E-state index contributed by atoms with van der Waals surface area (Å²) in [5.74, 6) is -0.546. The second kappa shape index (κ2) is 7.08. The van der Waals surface area contributed by atoms with E-state index in [9.17, 15) is 9.90 Å². The minimum atomic E-state index is -1.10. The number of aromatic carboxylic acids is 1. The Hall–Kier alpha value is -3.01. The molecule has 134 valence electrons. The topological polar surface area (TPSA) is 59.7 Å². The zero-order valence-corrected chi connectivity index (χ0v) is 15.4. The predicted molar refractivity (Wildman–Crippen MR) is 101 cm³/mol. The number of aryl methyl sites for hydroxylation is 2. The molecule has 0 unspecified atom stereocenters. The highest BCUT2D eigenvalue weighted by Gasteiger charge is 2.19. The highest BCUT2D eigenvalue weighted by Crippen LogP contribution is 2.34. The van der Waals surface area contributed by atoms with Crippen molar-refractivity contribution in [2.75, 3.05) is 0 Å². The predicted octanol–water partition coefficient (Wildman–Crippen LogP) is 5.46. The van der Waals surface area contributed by atoms with E-state index in [0.29, 0.717) is 23.5 Å². The van der Waals surface area contributed by atoms with E-state index >= 15 is 0 Å². The van der Waals surface area contributed by atoms with Crippen molar-refractivity contribution in [1.29, 1.82) is 0 Å². The normalized spacial score (nSPS) is 10.8. The lowest BCUT2D eigenvalue weighted by molar-refractivity contribution is 0.0663. The van der Waals surface area contributed by atoms with E-state index in [1.54, 1.807) is 6.07 Å². The summed E-state index contributed by atoms with van der Waals surface area (Å²) >= 11 is 0. The van der Waals surface area contributed by atoms with Gasteiger partial charge in [0.25, 0.3) is 0 Å². The summed E-state index contributed by atoms with van der Waals surface area (Å²) in [6, 6.07) is 11.3. The van der Waals surface area contributed by atoms with E-state index < -0.39 is 5.97 Å². The average molecular weight is 350 g/mol. The molecule has 1 N–H and O–H groups in total. The Bertz CT molecular complexity index is 940. The number of benzene rings is 2. The van der Waals surface area contributed by atoms with Gasteiger partial charge in [0.2, 0.25) is 5.76 Å². The fourth-order valence-electron chi connectivity index (χ4n) is 3.17. The van der Waals surface area contributed by atoms with Crippen LogP contribution in [0.3, 0.4) is 0 Å². The van der Waals surface area contributed by atoms with Crippen molar-refractivity contribution in [2.24, 2.45) is 0 Å². The monoisotopic (exact) mass is 350 g/mol. The summed E-state index contributed by atoms with van der Waals surface area (Å²) in [6.07, 6.45) is 1.38. The SMILES string of the molecule is Cc1cc(C)c(C)c(COc2ccccc2-c2ccoc2C(=O)O)c1C. The van der Waals surface area contributed by atoms with Crippen molar-refractivity contribution >= 4 is 5.97 Å². The molecule has 1 aromatic heterocycles. The average Bonchev–Trinajstić information content (AvgIpc) is 3.10. The molecule has 0 aliphatic carbocycles. The van der Waals surface area contributed by atoms with E-state index in [2.05, 4.69) is 33.8 Å². The minimum Gasteiger partial charge on any atom is -0.488 e. The van der Waals surface area contributed by atoms with Crippen molar-refractivity contribution in [1.82, 2.24) is 0 Å². The van der Waals surface area contributed by atoms with E-state index in [0.717, 1.165) is 0 Å². The molecule has 0 saturated carbocycles. The Morgan fingerprint density at radius 1 is 1.00 bits per heavy atom. The summed E-state index contributed by atoms with van der Waals surface area (Å²) in [5, 5.41) is 9.31. The summed E-state index contributed by atoms with van der Waals surface area (Å²) in [7, 11) is 0. The quantitative estimate of drug-likeness (QED) is 0.664. The van der Waals surface area contributed by atoms with Gasteiger partial charge in [0.15, 0.2) is 0 Å². The van der Waals surface area contributed by atoms with Gasteiger partial charge >= 0.3 is 5.97 Å². The molecule has 3 rings (SSSR count). The smallest absolute Gasteiger partial charge is 0.372 e. The molecule has 0 atom stereocenters. The Balaban J connectivity index is 1.96. The van der Waals surface area contributed by atoms with Crippen molar-refractivity contribution in [2.45, 2.75) is 34.3 Å². The maximum Gasteiger partial charge on any atom is 0.372 e. The van der Waals surface area contributed by atoms with E-state index in [1.165, 1.54) is 34.1 Å². The molecule has 0 aliphatic heterocycles.